The first-order valence-electron chi connectivity index (χ1n) is 8.91. The Hall–Kier alpha value is -2.74. The number of allylic oxidation sites excluding steroid dienone is 2. The summed E-state index contributed by atoms with van der Waals surface area (Å²) in [5.74, 6) is 2.08. The van der Waals surface area contributed by atoms with E-state index in [1.807, 2.05) is 12.2 Å². The highest BCUT2D eigenvalue weighted by molar-refractivity contribution is 5.95. The van der Waals surface area contributed by atoms with Gasteiger partial charge in [0, 0.05) is 33.7 Å². The minimum Gasteiger partial charge on any atom is -0.489 e. The van der Waals surface area contributed by atoms with E-state index in [1.165, 1.54) is 0 Å². The van der Waals surface area contributed by atoms with Gasteiger partial charge >= 0.3 is 0 Å². The van der Waals surface area contributed by atoms with E-state index >= 15 is 0 Å². The molecule has 0 saturated heterocycles. The summed E-state index contributed by atoms with van der Waals surface area (Å²) in [5.41, 5.74) is 2.21. The van der Waals surface area contributed by atoms with Crippen LogP contribution in [0.1, 0.15) is 36.8 Å². The van der Waals surface area contributed by atoms with Gasteiger partial charge in [0.05, 0.1) is 0 Å². The molecule has 2 rings (SSSR count). The van der Waals surface area contributed by atoms with Crippen LogP contribution in [-0.4, -0.2) is 13.2 Å². The summed E-state index contributed by atoms with van der Waals surface area (Å²) < 4.78 is 12.1. The first-order chi connectivity index (χ1) is 12.6. The maximum absolute atomic E-state index is 6.05. The quantitative estimate of drug-likeness (QED) is 0.453. The lowest BCUT2D eigenvalue weighted by molar-refractivity contribution is 0.358. The van der Waals surface area contributed by atoms with Gasteiger partial charge < -0.3 is 9.47 Å². The third-order valence-electron chi connectivity index (χ3n) is 4.54. The summed E-state index contributed by atoms with van der Waals surface area (Å²) in [6, 6.07) is 8.39. The molecule has 0 fully saturated rings. The molecular formula is C24H28O2. The highest BCUT2D eigenvalue weighted by Gasteiger charge is 2.19. The maximum atomic E-state index is 6.05. The molecule has 0 spiro atoms. The van der Waals surface area contributed by atoms with Gasteiger partial charge in [0.1, 0.15) is 24.7 Å². The first kappa shape index (κ1) is 19.6. The van der Waals surface area contributed by atoms with E-state index < -0.39 is 0 Å². The Morgan fingerprint density at radius 1 is 0.731 bits per heavy atom. The van der Waals surface area contributed by atoms with Gasteiger partial charge in [-0.1, -0.05) is 75.6 Å². The third kappa shape index (κ3) is 3.91. The van der Waals surface area contributed by atoms with E-state index in [0.29, 0.717) is 13.2 Å². The molecule has 2 aromatic rings. The highest BCUT2D eigenvalue weighted by Crippen LogP contribution is 2.42. The zero-order valence-corrected chi connectivity index (χ0v) is 15.8. The highest BCUT2D eigenvalue weighted by atomic mass is 16.5. The predicted molar refractivity (Wildman–Crippen MR) is 113 cm³/mol. The molecule has 2 aromatic carbocycles. The molecule has 136 valence electrons. The molecule has 0 bridgehead atoms. The van der Waals surface area contributed by atoms with Crippen LogP contribution in [0, 0.1) is 0 Å². The summed E-state index contributed by atoms with van der Waals surface area (Å²) in [5, 5.41) is 2.05. The molecular weight excluding hydrogens is 320 g/mol. The van der Waals surface area contributed by atoms with Crippen molar-refractivity contribution in [3.8, 4) is 11.5 Å². The molecule has 0 aliphatic rings. The Morgan fingerprint density at radius 2 is 1.12 bits per heavy atom. The van der Waals surface area contributed by atoms with Gasteiger partial charge in [0.15, 0.2) is 0 Å². The summed E-state index contributed by atoms with van der Waals surface area (Å²) in [6.45, 7) is 20.5. The van der Waals surface area contributed by atoms with E-state index in [4.69, 9.17) is 9.47 Å². The Bertz CT molecular complexity index is 747. The smallest absolute Gasteiger partial charge is 0.131 e. The minimum atomic E-state index is 0.184. The molecule has 0 saturated carbocycles. The average molecular weight is 348 g/mol. The molecule has 0 amide bonds. The summed E-state index contributed by atoms with van der Waals surface area (Å²) in [6.07, 6.45) is 7.35. The van der Waals surface area contributed by atoms with Crippen molar-refractivity contribution in [3.63, 3.8) is 0 Å². The van der Waals surface area contributed by atoms with Gasteiger partial charge in [-0.15, -0.1) is 13.2 Å². The van der Waals surface area contributed by atoms with Crippen LogP contribution in [0.2, 0.25) is 0 Å². The van der Waals surface area contributed by atoms with Crippen molar-refractivity contribution < 1.29 is 9.47 Å². The van der Waals surface area contributed by atoms with E-state index in [2.05, 4.69) is 64.4 Å². The standard InChI is InChI=1S/C24H28O2/c1-7-15-25-23-19(17(5)9-3)11-14-22-21(23)13-12-20(18(6)10-4)24(22)26-16-8-2/h7-14,17-18H,1-4,15-16H2,5-6H3. The molecule has 0 heterocycles. The molecule has 2 nitrogen and oxygen atoms in total. The Labute approximate surface area is 157 Å². The molecule has 0 aliphatic heterocycles. The fraction of sp³-hybridized carbons (Fsp3) is 0.250. The lowest BCUT2D eigenvalue weighted by atomic mass is 9.92. The van der Waals surface area contributed by atoms with Crippen LogP contribution in [0.15, 0.2) is 74.9 Å². The number of ether oxygens (including phenoxy) is 2. The molecule has 0 radical (unpaired) electrons. The second-order valence-electron chi connectivity index (χ2n) is 6.31. The average Bonchev–Trinajstić information content (AvgIpc) is 2.68. The number of fused-ring (bicyclic) bond motifs is 1. The molecule has 26 heavy (non-hydrogen) atoms. The topological polar surface area (TPSA) is 18.5 Å². The lowest BCUT2D eigenvalue weighted by Gasteiger charge is -2.21. The zero-order valence-electron chi connectivity index (χ0n) is 15.8. The van der Waals surface area contributed by atoms with Gasteiger partial charge in [0.25, 0.3) is 0 Å². The van der Waals surface area contributed by atoms with Crippen molar-refractivity contribution in [2.45, 2.75) is 25.7 Å². The van der Waals surface area contributed by atoms with Crippen molar-refractivity contribution in [2.75, 3.05) is 13.2 Å². The number of benzene rings is 2. The Morgan fingerprint density at radius 3 is 1.42 bits per heavy atom. The predicted octanol–water partition coefficient (Wildman–Crippen LogP) is 6.55. The van der Waals surface area contributed by atoms with Crippen LogP contribution >= 0.6 is 0 Å². The van der Waals surface area contributed by atoms with Crippen LogP contribution in [-0.2, 0) is 0 Å². The zero-order chi connectivity index (χ0) is 19.1. The molecule has 2 atom stereocenters. The Kier molecular flexibility index (Phi) is 6.85. The first-order valence-corrected chi connectivity index (χ1v) is 8.91. The summed E-state index contributed by atoms with van der Waals surface area (Å²) in [7, 11) is 0. The fourth-order valence-electron chi connectivity index (χ4n) is 2.96. The van der Waals surface area contributed by atoms with Gasteiger partial charge in [-0.05, 0) is 0 Å². The van der Waals surface area contributed by atoms with E-state index in [-0.39, 0.29) is 11.8 Å². The van der Waals surface area contributed by atoms with Crippen LogP contribution in [0.25, 0.3) is 10.8 Å². The van der Waals surface area contributed by atoms with Gasteiger partial charge in [0.2, 0.25) is 0 Å². The SMILES string of the molecule is C=CCOc1c(C(C)C=C)ccc2c(OCC=C)c(C(C)C=C)ccc12. The van der Waals surface area contributed by atoms with Crippen LogP contribution in [0.4, 0.5) is 0 Å². The second-order valence-corrected chi connectivity index (χ2v) is 6.31. The maximum Gasteiger partial charge on any atom is 0.131 e. The van der Waals surface area contributed by atoms with Gasteiger partial charge in [-0.3, -0.25) is 0 Å². The van der Waals surface area contributed by atoms with Crippen molar-refractivity contribution in [3.05, 3.63) is 86.0 Å². The van der Waals surface area contributed by atoms with Crippen molar-refractivity contribution >= 4 is 10.8 Å². The largest absolute Gasteiger partial charge is 0.489 e. The molecule has 0 aromatic heterocycles. The van der Waals surface area contributed by atoms with Crippen LogP contribution < -0.4 is 9.47 Å². The van der Waals surface area contributed by atoms with Crippen molar-refractivity contribution in [1.82, 2.24) is 0 Å². The summed E-state index contributed by atoms with van der Waals surface area (Å²) >= 11 is 0. The second kappa shape index (κ2) is 9.10. The number of hydrogen-bond acceptors (Lipinski definition) is 2. The van der Waals surface area contributed by atoms with Gasteiger partial charge in [-0.25, -0.2) is 0 Å². The Balaban J connectivity index is 2.77. The number of hydrogen-bond donors (Lipinski definition) is 0. The molecule has 2 heteroatoms. The van der Waals surface area contributed by atoms with Crippen molar-refractivity contribution in [2.24, 2.45) is 0 Å². The van der Waals surface area contributed by atoms with E-state index in [1.54, 1.807) is 12.2 Å². The van der Waals surface area contributed by atoms with Crippen LogP contribution in [0.5, 0.6) is 11.5 Å². The fourth-order valence-corrected chi connectivity index (χ4v) is 2.96. The monoisotopic (exact) mass is 348 g/mol. The number of rotatable bonds is 10. The summed E-state index contributed by atoms with van der Waals surface area (Å²) in [4.78, 5) is 0. The molecule has 2 unspecified atom stereocenters. The van der Waals surface area contributed by atoms with E-state index in [0.717, 1.165) is 33.4 Å². The minimum absolute atomic E-state index is 0.184. The molecule has 0 N–H and O–H groups in total. The van der Waals surface area contributed by atoms with Crippen molar-refractivity contribution in [1.29, 1.82) is 0 Å². The normalized spacial score (nSPS) is 12.8. The van der Waals surface area contributed by atoms with Crippen LogP contribution in [0.3, 0.4) is 0 Å². The van der Waals surface area contributed by atoms with E-state index in [9.17, 15) is 0 Å². The molecule has 0 aliphatic carbocycles. The third-order valence-corrected chi connectivity index (χ3v) is 4.54. The lowest BCUT2D eigenvalue weighted by Crippen LogP contribution is -2.04. The van der Waals surface area contributed by atoms with Gasteiger partial charge in [-0.2, -0.15) is 0 Å².